The van der Waals surface area contributed by atoms with Gasteiger partial charge in [-0.3, -0.25) is 0 Å². The molecule has 0 saturated heterocycles. The molecule has 2 rings (SSSR count). The van der Waals surface area contributed by atoms with Gasteiger partial charge in [0.2, 0.25) is 0 Å². The van der Waals surface area contributed by atoms with Gasteiger partial charge in [0.15, 0.2) is 0 Å². The van der Waals surface area contributed by atoms with Crippen molar-refractivity contribution in [2.24, 2.45) is 0 Å². The predicted molar refractivity (Wildman–Crippen MR) is 69.1 cm³/mol. The van der Waals surface area contributed by atoms with Crippen molar-refractivity contribution in [2.45, 2.75) is 6.61 Å². The Kier molecular flexibility index (Phi) is 4.11. The maximum atomic E-state index is 11.6. The van der Waals surface area contributed by atoms with E-state index in [-0.39, 0.29) is 12.6 Å². The van der Waals surface area contributed by atoms with Gasteiger partial charge in [0.1, 0.15) is 16.4 Å². The number of methoxy groups -OCH3 is 1. The molecule has 0 unspecified atom stereocenters. The van der Waals surface area contributed by atoms with Crippen molar-refractivity contribution in [1.82, 2.24) is 0 Å². The molecular weight excluding hydrogens is 272 g/mol. The minimum Gasteiger partial charge on any atom is -0.465 e. The van der Waals surface area contributed by atoms with Gasteiger partial charge >= 0.3 is 11.9 Å². The standard InChI is InChI=1S/C12H10O4S2/c1-15-12(14)10-8(4-6-18-10)7-16-11(13)9-3-2-5-17-9/h2-6H,7H2,1H3. The number of thiophene rings is 2. The quantitative estimate of drug-likeness (QED) is 0.809. The monoisotopic (exact) mass is 282 g/mol. The molecule has 0 aliphatic rings. The first-order valence-corrected chi connectivity index (χ1v) is 6.83. The van der Waals surface area contributed by atoms with Gasteiger partial charge in [-0.15, -0.1) is 22.7 Å². The highest BCUT2D eigenvalue weighted by Crippen LogP contribution is 2.19. The Hall–Kier alpha value is -1.66. The molecule has 6 heteroatoms. The highest BCUT2D eigenvalue weighted by atomic mass is 32.1. The van der Waals surface area contributed by atoms with E-state index in [0.717, 1.165) is 0 Å². The van der Waals surface area contributed by atoms with E-state index in [1.165, 1.54) is 29.8 Å². The van der Waals surface area contributed by atoms with Crippen LogP contribution in [0, 0.1) is 0 Å². The molecule has 18 heavy (non-hydrogen) atoms. The Morgan fingerprint density at radius 1 is 1.17 bits per heavy atom. The molecule has 4 nitrogen and oxygen atoms in total. The summed E-state index contributed by atoms with van der Waals surface area (Å²) < 4.78 is 9.78. The lowest BCUT2D eigenvalue weighted by atomic mass is 10.3. The van der Waals surface area contributed by atoms with E-state index in [4.69, 9.17) is 4.74 Å². The van der Waals surface area contributed by atoms with Crippen molar-refractivity contribution in [1.29, 1.82) is 0 Å². The fourth-order valence-electron chi connectivity index (χ4n) is 1.33. The Bertz CT molecular complexity index is 542. The number of carbonyl (C=O) groups excluding carboxylic acids is 2. The van der Waals surface area contributed by atoms with Crippen molar-refractivity contribution < 1.29 is 19.1 Å². The average molecular weight is 282 g/mol. The van der Waals surface area contributed by atoms with Gasteiger partial charge in [0.25, 0.3) is 0 Å². The van der Waals surface area contributed by atoms with Gasteiger partial charge < -0.3 is 9.47 Å². The molecular formula is C12H10O4S2. The van der Waals surface area contributed by atoms with Crippen LogP contribution in [0.15, 0.2) is 29.0 Å². The second kappa shape index (κ2) is 5.79. The van der Waals surface area contributed by atoms with E-state index in [1.807, 2.05) is 0 Å². The Labute approximate surface area is 112 Å². The van der Waals surface area contributed by atoms with Crippen LogP contribution < -0.4 is 0 Å². The fraction of sp³-hybridized carbons (Fsp3) is 0.167. The maximum Gasteiger partial charge on any atom is 0.348 e. The molecule has 94 valence electrons. The first kappa shape index (κ1) is 12.8. The smallest absolute Gasteiger partial charge is 0.348 e. The van der Waals surface area contributed by atoms with Crippen LogP contribution in [-0.2, 0) is 16.1 Å². The van der Waals surface area contributed by atoms with Crippen molar-refractivity contribution in [3.63, 3.8) is 0 Å². The molecule has 0 aliphatic heterocycles. The third-order valence-electron chi connectivity index (χ3n) is 2.20. The van der Waals surface area contributed by atoms with Crippen molar-refractivity contribution >= 4 is 34.6 Å². The molecule has 0 spiro atoms. The van der Waals surface area contributed by atoms with E-state index in [2.05, 4.69) is 4.74 Å². The predicted octanol–water partition coefficient (Wildman–Crippen LogP) is 2.95. The van der Waals surface area contributed by atoms with E-state index in [1.54, 1.807) is 29.0 Å². The van der Waals surface area contributed by atoms with Crippen LogP contribution in [0.5, 0.6) is 0 Å². The van der Waals surface area contributed by atoms with Crippen molar-refractivity contribution in [3.8, 4) is 0 Å². The summed E-state index contributed by atoms with van der Waals surface area (Å²) in [6, 6.07) is 5.23. The second-order valence-electron chi connectivity index (χ2n) is 3.32. The van der Waals surface area contributed by atoms with Gasteiger partial charge in [0.05, 0.1) is 7.11 Å². The number of ether oxygens (including phenoxy) is 2. The summed E-state index contributed by atoms with van der Waals surface area (Å²) in [6.45, 7) is 0.0741. The summed E-state index contributed by atoms with van der Waals surface area (Å²) in [4.78, 5) is 24.1. The lowest BCUT2D eigenvalue weighted by Crippen LogP contribution is -2.06. The first-order chi connectivity index (χ1) is 8.72. The van der Waals surface area contributed by atoms with E-state index in [9.17, 15) is 9.59 Å². The zero-order valence-corrected chi connectivity index (χ0v) is 11.2. The summed E-state index contributed by atoms with van der Waals surface area (Å²) in [7, 11) is 1.32. The number of rotatable bonds is 4. The largest absolute Gasteiger partial charge is 0.465 e. The SMILES string of the molecule is COC(=O)c1sccc1COC(=O)c1cccs1. The molecule has 0 saturated carbocycles. The van der Waals surface area contributed by atoms with E-state index in [0.29, 0.717) is 15.3 Å². The van der Waals surface area contributed by atoms with Crippen LogP contribution in [0.4, 0.5) is 0 Å². The summed E-state index contributed by atoms with van der Waals surface area (Å²) in [5, 5.41) is 3.57. The zero-order valence-electron chi connectivity index (χ0n) is 9.54. The molecule has 0 aromatic carbocycles. The van der Waals surface area contributed by atoms with Crippen LogP contribution in [0.2, 0.25) is 0 Å². The van der Waals surface area contributed by atoms with Crippen LogP contribution in [0.25, 0.3) is 0 Å². The molecule has 0 fully saturated rings. The highest BCUT2D eigenvalue weighted by molar-refractivity contribution is 7.12. The van der Waals surface area contributed by atoms with Crippen LogP contribution in [0.3, 0.4) is 0 Å². The lowest BCUT2D eigenvalue weighted by molar-refractivity contribution is 0.0468. The number of carbonyl (C=O) groups is 2. The number of hydrogen-bond donors (Lipinski definition) is 0. The Morgan fingerprint density at radius 2 is 2.00 bits per heavy atom. The van der Waals surface area contributed by atoms with Crippen LogP contribution in [-0.4, -0.2) is 19.0 Å². The zero-order chi connectivity index (χ0) is 13.0. The van der Waals surface area contributed by atoms with Gasteiger partial charge in [-0.1, -0.05) is 6.07 Å². The van der Waals surface area contributed by atoms with Crippen LogP contribution >= 0.6 is 22.7 Å². The highest BCUT2D eigenvalue weighted by Gasteiger charge is 2.15. The number of hydrogen-bond acceptors (Lipinski definition) is 6. The molecule has 2 aromatic heterocycles. The van der Waals surface area contributed by atoms with E-state index >= 15 is 0 Å². The molecule has 0 N–H and O–H groups in total. The summed E-state index contributed by atoms with van der Waals surface area (Å²) in [6.07, 6.45) is 0. The average Bonchev–Trinajstić information content (AvgIpc) is 3.05. The van der Waals surface area contributed by atoms with Gasteiger partial charge in [-0.2, -0.15) is 0 Å². The van der Waals surface area contributed by atoms with E-state index < -0.39 is 5.97 Å². The van der Waals surface area contributed by atoms with Gasteiger partial charge in [0, 0.05) is 5.56 Å². The molecule has 2 heterocycles. The summed E-state index contributed by atoms with van der Waals surface area (Å²) in [5.74, 6) is -0.792. The molecule has 0 radical (unpaired) electrons. The number of esters is 2. The minimum atomic E-state index is -0.410. The minimum absolute atomic E-state index is 0.0741. The van der Waals surface area contributed by atoms with Gasteiger partial charge in [-0.05, 0) is 22.9 Å². The third-order valence-corrected chi connectivity index (χ3v) is 3.99. The maximum absolute atomic E-state index is 11.6. The van der Waals surface area contributed by atoms with Crippen molar-refractivity contribution in [3.05, 3.63) is 44.3 Å². The normalized spacial score (nSPS) is 10.1. The molecule has 0 bridgehead atoms. The van der Waals surface area contributed by atoms with Crippen LogP contribution in [0.1, 0.15) is 24.9 Å². The topological polar surface area (TPSA) is 52.6 Å². The summed E-state index contributed by atoms with van der Waals surface area (Å²) in [5.41, 5.74) is 0.664. The van der Waals surface area contributed by atoms with Gasteiger partial charge in [-0.25, -0.2) is 9.59 Å². The fourth-order valence-corrected chi connectivity index (χ4v) is 2.77. The molecule has 0 atom stereocenters. The Morgan fingerprint density at radius 3 is 2.67 bits per heavy atom. The molecule has 0 aliphatic carbocycles. The lowest BCUT2D eigenvalue weighted by Gasteiger charge is -2.03. The second-order valence-corrected chi connectivity index (χ2v) is 5.18. The van der Waals surface area contributed by atoms with Crippen molar-refractivity contribution in [2.75, 3.05) is 7.11 Å². The molecule has 0 amide bonds. The molecule has 2 aromatic rings. The Balaban J connectivity index is 2.01. The summed E-state index contributed by atoms with van der Waals surface area (Å²) >= 11 is 2.59. The first-order valence-electron chi connectivity index (χ1n) is 5.07. The third kappa shape index (κ3) is 2.77.